The molecule has 1 unspecified atom stereocenters. The first kappa shape index (κ1) is 24.5. The molecule has 0 bridgehead atoms. The Morgan fingerprint density at radius 1 is 1.08 bits per heavy atom. The molecule has 192 valence electrons. The molecule has 3 aliphatic rings. The molecule has 0 spiro atoms. The predicted molar refractivity (Wildman–Crippen MR) is 138 cm³/mol. The number of likely N-dealkylation sites (tertiary alicyclic amines) is 1. The van der Waals surface area contributed by atoms with Crippen molar-refractivity contribution in [1.82, 2.24) is 19.8 Å². The molecule has 2 aromatic rings. The van der Waals surface area contributed by atoms with E-state index in [1.54, 1.807) is 11.0 Å². The van der Waals surface area contributed by atoms with Crippen LogP contribution in [0.4, 0.5) is 16.3 Å². The van der Waals surface area contributed by atoms with Crippen LogP contribution in [0, 0.1) is 0 Å². The number of carbonyl (C=O) groups is 2. The Labute approximate surface area is 212 Å². The van der Waals surface area contributed by atoms with E-state index in [9.17, 15) is 9.59 Å². The van der Waals surface area contributed by atoms with Crippen molar-refractivity contribution in [1.29, 1.82) is 0 Å². The number of urea groups is 1. The monoisotopic (exact) mass is 493 g/mol. The van der Waals surface area contributed by atoms with E-state index in [0.717, 1.165) is 49.4 Å². The van der Waals surface area contributed by atoms with Gasteiger partial charge in [-0.2, -0.15) is 0 Å². The highest BCUT2D eigenvalue weighted by molar-refractivity contribution is 5.94. The second kappa shape index (κ2) is 10.0. The zero-order valence-corrected chi connectivity index (χ0v) is 21.3. The average Bonchev–Trinajstić information content (AvgIpc) is 3.61. The van der Waals surface area contributed by atoms with Gasteiger partial charge in [0.15, 0.2) is 5.82 Å². The first-order valence-corrected chi connectivity index (χ1v) is 12.7. The van der Waals surface area contributed by atoms with Crippen LogP contribution < -0.4 is 15.5 Å². The molecule has 10 heteroatoms. The van der Waals surface area contributed by atoms with Gasteiger partial charge >= 0.3 is 6.03 Å². The molecule has 1 saturated carbocycles. The molecule has 0 radical (unpaired) electrons. The first-order chi connectivity index (χ1) is 17.3. The number of hydrogen-bond acceptors (Lipinski definition) is 7. The summed E-state index contributed by atoms with van der Waals surface area (Å²) in [6.45, 7) is 5.84. The Morgan fingerprint density at radius 2 is 1.83 bits per heavy atom. The summed E-state index contributed by atoms with van der Waals surface area (Å²) in [6.07, 6.45) is 2.87. The lowest BCUT2D eigenvalue weighted by Gasteiger charge is -2.34. The number of likely N-dealkylation sites (N-methyl/N-ethyl adjacent to an activating group) is 2. The lowest BCUT2D eigenvalue weighted by molar-refractivity contribution is 0.0731. The smallest absolute Gasteiger partial charge is 0.319 e. The van der Waals surface area contributed by atoms with Crippen molar-refractivity contribution < 1.29 is 14.3 Å². The molecular weight excluding hydrogens is 458 g/mol. The van der Waals surface area contributed by atoms with Gasteiger partial charge in [0.2, 0.25) is 0 Å². The summed E-state index contributed by atoms with van der Waals surface area (Å²) in [5.74, 6) is 1.10. The van der Waals surface area contributed by atoms with Gasteiger partial charge in [-0.3, -0.25) is 9.69 Å². The van der Waals surface area contributed by atoms with Gasteiger partial charge in [-0.25, -0.2) is 14.8 Å². The summed E-state index contributed by atoms with van der Waals surface area (Å²) < 4.78 is 5.61. The number of hydrogen-bond donors (Lipinski definition) is 1. The highest BCUT2D eigenvalue weighted by Crippen LogP contribution is 2.33. The van der Waals surface area contributed by atoms with Gasteiger partial charge in [-0.1, -0.05) is 0 Å². The normalized spacial score (nSPS) is 22.5. The second-order valence-corrected chi connectivity index (χ2v) is 10.2. The fourth-order valence-corrected chi connectivity index (χ4v) is 5.08. The number of anilines is 2. The first-order valence-electron chi connectivity index (χ1n) is 12.7. The zero-order valence-electron chi connectivity index (χ0n) is 21.3. The Bertz CT molecular complexity index is 1120. The number of nitrogens with two attached hydrogens (primary N) is 1. The molecule has 3 fully saturated rings. The van der Waals surface area contributed by atoms with Crippen LogP contribution in [0.1, 0.15) is 36.7 Å². The predicted octanol–water partition coefficient (Wildman–Crippen LogP) is 2.19. The SMILES string of the molecule is C[C@H]1COCCN1c1cc(C(=O)N(C)C2CCN(C)C2)nc(-c2ccc(N(C(N)=O)C3CC3)cc2)n1. The lowest BCUT2D eigenvalue weighted by Crippen LogP contribution is -2.44. The molecule has 36 heavy (non-hydrogen) atoms. The molecule has 3 heterocycles. The van der Waals surface area contributed by atoms with Gasteiger partial charge in [-0.15, -0.1) is 0 Å². The van der Waals surface area contributed by atoms with E-state index in [0.29, 0.717) is 31.3 Å². The Kier molecular flexibility index (Phi) is 6.81. The van der Waals surface area contributed by atoms with E-state index in [2.05, 4.69) is 23.8 Å². The van der Waals surface area contributed by atoms with Crippen LogP contribution in [0.5, 0.6) is 0 Å². The van der Waals surface area contributed by atoms with Crippen molar-refractivity contribution in [3.8, 4) is 11.4 Å². The average molecular weight is 494 g/mol. The summed E-state index contributed by atoms with van der Waals surface area (Å²) in [5.41, 5.74) is 7.53. The maximum atomic E-state index is 13.6. The van der Waals surface area contributed by atoms with Crippen molar-refractivity contribution in [3.05, 3.63) is 36.0 Å². The minimum atomic E-state index is -0.446. The molecule has 3 amide bonds. The highest BCUT2D eigenvalue weighted by Gasteiger charge is 2.33. The molecule has 2 aliphatic heterocycles. The van der Waals surface area contributed by atoms with Crippen LogP contribution in [0.15, 0.2) is 30.3 Å². The largest absolute Gasteiger partial charge is 0.377 e. The van der Waals surface area contributed by atoms with E-state index in [1.807, 2.05) is 36.2 Å². The van der Waals surface area contributed by atoms with E-state index in [-0.39, 0.29) is 24.0 Å². The standard InChI is InChI=1S/C26H35N7O3/c1-17-16-36-13-12-32(17)23-14-22(25(34)31(3)21-10-11-30(2)15-21)28-24(29-23)18-4-6-19(7-5-18)33(26(27)35)20-8-9-20/h4-7,14,17,20-21H,8-13,15-16H2,1-3H3,(H2,27,35)/t17-,21?/m0/s1. The molecule has 5 rings (SSSR count). The molecule has 2 saturated heterocycles. The highest BCUT2D eigenvalue weighted by atomic mass is 16.5. The van der Waals surface area contributed by atoms with Crippen molar-refractivity contribution in [2.75, 3.05) is 56.7 Å². The van der Waals surface area contributed by atoms with Crippen molar-refractivity contribution >= 4 is 23.4 Å². The lowest BCUT2D eigenvalue weighted by atomic mass is 10.1. The van der Waals surface area contributed by atoms with Crippen molar-refractivity contribution in [2.45, 2.75) is 44.3 Å². The molecular formula is C26H35N7O3. The van der Waals surface area contributed by atoms with Gasteiger partial charge < -0.3 is 25.2 Å². The maximum Gasteiger partial charge on any atom is 0.319 e. The number of carbonyl (C=O) groups excluding carboxylic acids is 2. The van der Waals surface area contributed by atoms with Crippen molar-refractivity contribution in [3.63, 3.8) is 0 Å². The van der Waals surface area contributed by atoms with E-state index in [4.69, 9.17) is 20.4 Å². The molecule has 2 atom stereocenters. The van der Waals surface area contributed by atoms with Crippen LogP contribution in [-0.4, -0.2) is 96.8 Å². The fourth-order valence-electron chi connectivity index (χ4n) is 5.08. The van der Waals surface area contributed by atoms with E-state index in [1.165, 1.54) is 0 Å². The molecule has 1 aliphatic carbocycles. The van der Waals surface area contributed by atoms with Crippen LogP contribution in [0.25, 0.3) is 11.4 Å². The fraction of sp³-hybridized carbons (Fsp3) is 0.538. The topological polar surface area (TPSA) is 108 Å². The number of morpholine rings is 1. The number of rotatable bonds is 6. The minimum Gasteiger partial charge on any atom is -0.377 e. The second-order valence-electron chi connectivity index (χ2n) is 10.2. The number of nitrogens with zero attached hydrogens (tertiary/aromatic N) is 6. The van der Waals surface area contributed by atoms with Crippen LogP contribution in [0.2, 0.25) is 0 Å². The van der Waals surface area contributed by atoms with Gasteiger partial charge in [-0.05, 0) is 64.0 Å². The van der Waals surface area contributed by atoms with Gasteiger partial charge in [0.1, 0.15) is 11.5 Å². The number of benzene rings is 1. The molecule has 1 aromatic heterocycles. The third kappa shape index (κ3) is 5.01. The summed E-state index contributed by atoms with van der Waals surface area (Å²) >= 11 is 0. The number of primary amides is 1. The third-order valence-corrected chi connectivity index (χ3v) is 7.38. The summed E-state index contributed by atoms with van der Waals surface area (Å²) in [4.78, 5) is 42.9. The van der Waals surface area contributed by atoms with Crippen LogP contribution >= 0.6 is 0 Å². The van der Waals surface area contributed by atoms with E-state index < -0.39 is 6.03 Å². The van der Waals surface area contributed by atoms with Gasteiger partial charge in [0.25, 0.3) is 5.91 Å². The molecule has 10 nitrogen and oxygen atoms in total. The summed E-state index contributed by atoms with van der Waals surface area (Å²) in [7, 11) is 3.93. The summed E-state index contributed by atoms with van der Waals surface area (Å²) in [6, 6.07) is 9.34. The molecule has 1 aromatic carbocycles. The number of ether oxygens (including phenoxy) is 1. The zero-order chi connectivity index (χ0) is 25.4. The van der Waals surface area contributed by atoms with E-state index >= 15 is 0 Å². The van der Waals surface area contributed by atoms with Crippen LogP contribution in [0.3, 0.4) is 0 Å². The minimum absolute atomic E-state index is 0.105. The van der Waals surface area contributed by atoms with Crippen molar-refractivity contribution in [2.24, 2.45) is 5.73 Å². The number of amides is 3. The molecule has 2 N–H and O–H groups in total. The number of aromatic nitrogens is 2. The maximum absolute atomic E-state index is 13.6. The Morgan fingerprint density at radius 3 is 2.44 bits per heavy atom. The summed E-state index contributed by atoms with van der Waals surface area (Å²) in [5, 5.41) is 0. The quantitative estimate of drug-likeness (QED) is 0.657. The van der Waals surface area contributed by atoms with Gasteiger partial charge in [0.05, 0.1) is 19.3 Å². The van der Waals surface area contributed by atoms with Gasteiger partial charge in [0, 0.05) is 49.5 Å². The Balaban J connectivity index is 1.48. The third-order valence-electron chi connectivity index (χ3n) is 7.38. The Hall–Kier alpha value is -3.24. The van der Waals surface area contributed by atoms with Crippen LogP contribution in [-0.2, 0) is 4.74 Å².